The van der Waals surface area contributed by atoms with Gasteiger partial charge in [-0.25, -0.2) is 0 Å². The highest BCUT2D eigenvalue weighted by atomic mass is 35.5. The van der Waals surface area contributed by atoms with Crippen molar-refractivity contribution < 1.29 is 13.9 Å². The van der Waals surface area contributed by atoms with Crippen molar-refractivity contribution in [1.82, 2.24) is 10.6 Å². The van der Waals surface area contributed by atoms with E-state index in [1.165, 1.54) is 0 Å². The van der Waals surface area contributed by atoms with Crippen LogP contribution < -0.4 is 10.6 Å². The molecular formula is C17H21ClN2O3. The third-order valence-electron chi connectivity index (χ3n) is 4.44. The second kappa shape index (κ2) is 6.91. The molecular weight excluding hydrogens is 316 g/mol. The number of methoxy groups -OCH3 is 1. The molecule has 1 fully saturated rings. The maximum Gasteiger partial charge on any atom is 0.287 e. The number of hydrogen-bond donors (Lipinski definition) is 2. The molecule has 3 rings (SSSR count). The molecule has 0 unspecified atom stereocenters. The summed E-state index contributed by atoms with van der Waals surface area (Å²) in [7, 11) is 1.70. The van der Waals surface area contributed by atoms with Gasteiger partial charge in [0.1, 0.15) is 5.58 Å². The lowest BCUT2D eigenvalue weighted by molar-refractivity contribution is 0.0506. The molecule has 1 amide bonds. The third kappa shape index (κ3) is 3.68. The summed E-state index contributed by atoms with van der Waals surface area (Å²) in [6.07, 6.45) is 1.97. The van der Waals surface area contributed by atoms with Gasteiger partial charge in [0.2, 0.25) is 0 Å². The molecule has 1 saturated heterocycles. The van der Waals surface area contributed by atoms with E-state index < -0.39 is 0 Å². The molecule has 2 N–H and O–H groups in total. The van der Waals surface area contributed by atoms with E-state index in [2.05, 4.69) is 10.6 Å². The van der Waals surface area contributed by atoms with Gasteiger partial charge in [-0.05, 0) is 50.2 Å². The van der Waals surface area contributed by atoms with E-state index in [0.29, 0.717) is 29.5 Å². The summed E-state index contributed by atoms with van der Waals surface area (Å²) in [5.74, 6) is 0.107. The number of benzene rings is 1. The minimum Gasteiger partial charge on any atom is -0.451 e. The second-order valence-corrected chi connectivity index (χ2v) is 6.59. The second-order valence-electron chi connectivity index (χ2n) is 6.16. The Hall–Kier alpha value is -1.56. The zero-order valence-electron chi connectivity index (χ0n) is 13.2. The number of carbonyl (C=O) groups excluding carboxylic acids is 1. The third-order valence-corrected chi connectivity index (χ3v) is 4.68. The first-order chi connectivity index (χ1) is 11.1. The Morgan fingerprint density at radius 3 is 2.91 bits per heavy atom. The Balaban J connectivity index is 1.69. The molecule has 0 aliphatic carbocycles. The Morgan fingerprint density at radius 1 is 1.39 bits per heavy atom. The van der Waals surface area contributed by atoms with Crippen LogP contribution in [0.3, 0.4) is 0 Å². The number of nitrogens with one attached hydrogen (secondary N) is 2. The molecule has 0 bridgehead atoms. The van der Waals surface area contributed by atoms with Crippen LogP contribution in [-0.2, 0) is 4.74 Å². The van der Waals surface area contributed by atoms with Crippen molar-refractivity contribution in [1.29, 1.82) is 0 Å². The molecule has 1 aromatic carbocycles. The summed E-state index contributed by atoms with van der Waals surface area (Å²) >= 11 is 5.96. The number of rotatable bonds is 5. The lowest BCUT2D eigenvalue weighted by Gasteiger charge is -2.37. The predicted molar refractivity (Wildman–Crippen MR) is 90.0 cm³/mol. The smallest absolute Gasteiger partial charge is 0.287 e. The fourth-order valence-electron chi connectivity index (χ4n) is 3.12. The van der Waals surface area contributed by atoms with Crippen LogP contribution in [0.1, 0.15) is 23.4 Å². The van der Waals surface area contributed by atoms with Gasteiger partial charge >= 0.3 is 0 Å². The number of carbonyl (C=O) groups is 1. The zero-order chi connectivity index (χ0) is 16.3. The monoisotopic (exact) mass is 336 g/mol. The quantitative estimate of drug-likeness (QED) is 0.881. The lowest BCUT2D eigenvalue weighted by atomic mass is 9.79. The van der Waals surface area contributed by atoms with Crippen LogP contribution in [0.5, 0.6) is 0 Å². The van der Waals surface area contributed by atoms with Crippen molar-refractivity contribution >= 4 is 28.5 Å². The molecule has 2 heterocycles. The van der Waals surface area contributed by atoms with Crippen molar-refractivity contribution in [2.45, 2.75) is 12.8 Å². The molecule has 1 aromatic heterocycles. The van der Waals surface area contributed by atoms with E-state index >= 15 is 0 Å². The van der Waals surface area contributed by atoms with Crippen LogP contribution in [0.15, 0.2) is 28.7 Å². The molecule has 1 aliphatic heterocycles. The van der Waals surface area contributed by atoms with E-state index in [0.717, 1.165) is 31.3 Å². The van der Waals surface area contributed by atoms with Gasteiger partial charge in [-0.2, -0.15) is 0 Å². The summed E-state index contributed by atoms with van der Waals surface area (Å²) in [6.45, 7) is 3.12. The van der Waals surface area contributed by atoms with Crippen molar-refractivity contribution in [3.8, 4) is 0 Å². The summed E-state index contributed by atoms with van der Waals surface area (Å²) in [4.78, 5) is 12.4. The molecule has 124 valence electrons. The summed E-state index contributed by atoms with van der Waals surface area (Å²) in [6, 6.07) is 7.03. The maximum atomic E-state index is 12.4. The normalized spacial score (nSPS) is 17.3. The number of fused-ring (bicyclic) bond motifs is 1. The average Bonchev–Trinajstić information content (AvgIpc) is 2.97. The first-order valence-electron chi connectivity index (χ1n) is 7.79. The number of ether oxygens (including phenoxy) is 1. The van der Waals surface area contributed by atoms with Crippen LogP contribution >= 0.6 is 11.6 Å². The van der Waals surface area contributed by atoms with Crippen molar-refractivity contribution in [3.05, 3.63) is 35.0 Å². The highest BCUT2D eigenvalue weighted by Crippen LogP contribution is 2.28. The number of amides is 1. The standard InChI is InChI=1S/C17H21ClN2O3/c1-22-11-17(4-6-19-7-5-17)10-20-16(21)15-9-12-8-13(18)2-3-14(12)23-15/h2-3,8-9,19H,4-7,10-11H2,1H3,(H,20,21). The van der Waals surface area contributed by atoms with Gasteiger partial charge in [0.15, 0.2) is 5.76 Å². The topological polar surface area (TPSA) is 63.5 Å². The fourth-order valence-corrected chi connectivity index (χ4v) is 3.30. The molecule has 1 aliphatic rings. The maximum absolute atomic E-state index is 12.4. The van der Waals surface area contributed by atoms with Crippen LogP contribution in [0, 0.1) is 5.41 Å². The van der Waals surface area contributed by atoms with Gasteiger partial charge in [-0.3, -0.25) is 4.79 Å². The number of piperidine rings is 1. The summed E-state index contributed by atoms with van der Waals surface area (Å²) in [5, 5.41) is 7.79. The van der Waals surface area contributed by atoms with E-state index in [1.54, 1.807) is 31.4 Å². The highest BCUT2D eigenvalue weighted by Gasteiger charge is 2.32. The Bertz CT molecular complexity index is 687. The van der Waals surface area contributed by atoms with Gasteiger partial charge < -0.3 is 19.8 Å². The Morgan fingerprint density at radius 2 is 2.17 bits per heavy atom. The Kier molecular flexibility index (Phi) is 4.90. The van der Waals surface area contributed by atoms with Crippen molar-refractivity contribution in [2.24, 2.45) is 5.41 Å². The van der Waals surface area contributed by atoms with Gasteiger partial charge in [-0.15, -0.1) is 0 Å². The molecule has 2 aromatic rings. The number of hydrogen-bond acceptors (Lipinski definition) is 4. The minimum atomic E-state index is -0.202. The van der Waals surface area contributed by atoms with Crippen LogP contribution in [0.2, 0.25) is 5.02 Å². The largest absolute Gasteiger partial charge is 0.451 e. The number of furan rings is 1. The van der Waals surface area contributed by atoms with E-state index in [4.69, 9.17) is 20.8 Å². The first kappa shape index (κ1) is 16.3. The molecule has 0 saturated carbocycles. The van der Waals surface area contributed by atoms with Crippen LogP contribution in [-0.4, -0.2) is 39.3 Å². The summed E-state index contributed by atoms with van der Waals surface area (Å²) < 4.78 is 11.0. The van der Waals surface area contributed by atoms with Crippen molar-refractivity contribution in [2.75, 3.05) is 33.4 Å². The van der Waals surface area contributed by atoms with Crippen LogP contribution in [0.4, 0.5) is 0 Å². The lowest BCUT2D eigenvalue weighted by Crippen LogP contribution is -2.47. The minimum absolute atomic E-state index is 0.00894. The van der Waals surface area contributed by atoms with E-state index in [9.17, 15) is 4.79 Å². The van der Waals surface area contributed by atoms with Gasteiger partial charge in [0, 0.05) is 29.5 Å². The Labute approximate surface area is 140 Å². The highest BCUT2D eigenvalue weighted by molar-refractivity contribution is 6.31. The van der Waals surface area contributed by atoms with E-state index in [1.807, 2.05) is 0 Å². The zero-order valence-corrected chi connectivity index (χ0v) is 13.9. The fraction of sp³-hybridized carbons (Fsp3) is 0.471. The van der Waals surface area contributed by atoms with Crippen molar-refractivity contribution in [3.63, 3.8) is 0 Å². The first-order valence-corrected chi connectivity index (χ1v) is 8.17. The molecule has 0 atom stereocenters. The molecule has 5 nitrogen and oxygen atoms in total. The molecule has 23 heavy (non-hydrogen) atoms. The molecule has 0 radical (unpaired) electrons. The van der Waals surface area contributed by atoms with Gasteiger partial charge in [-0.1, -0.05) is 11.6 Å². The predicted octanol–water partition coefficient (Wildman–Crippen LogP) is 2.83. The summed E-state index contributed by atoms with van der Waals surface area (Å²) in [5.41, 5.74) is 0.651. The SMILES string of the molecule is COCC1(CNC(=O)c2cc3cc(Cl)ccc3o2)CCNCC1. The van der Waals surface area contributed by atoms with Crippen LogP contribution in [0.25, 0.3) is 11.0 Å². The number of halogens is 1. The average molecular weight is 337 g/mol. The molecule has 0 spiro atoms. The van der Waals surface area contributed by atoms with Gasteiger partial charge in [0.25, 0.3) is 5.91 Å². The molecule has 6 heteroatoms. The van der Waals surface area contributed by atoms with Gasteiger partial charge in [0.05, 0.1) is 6.61 Å². The van der Waals surface area contributed by atoms with E-state index in [-0.39, 0.29) is 11.3 Å².